The van der Waals surface area contributed by atoms with Gasteiger partial charge in [-0.1, -0.05) is 32.8 Å². The van der Waals surface area contributed by atoms with Gasteiger partial charge in [0.25, 0.3) is 5.60 Å². The van der Waals surface area contributed by atoms with Crippen molar-refractivity contribution in [3.05, 3.63) is 12.2 Å². The first-order valence-electron chi connectivity index (χ1n) is 14.2. The molecule has 0 unspecified atom stereocenters. The molecule has 0 bridgehead atoms. The molecule has 9 heteroatoms. The van der Waals surface area contributed by atoms with E-state index in [1.54, 1.807) is 6.92 Å². The van der Waals surface area contributed by atoms with E-state index in [-0.39, 0.29) is 37.2 Å². The van der Waals surface area contributed by atoms with Crippen LogP contribution in [-0.4, -0.2) is 45.0 Å². The Morgan fingerprint density at radius 1 is 1.00 bits per heavy atom. The van der Waals surface area contributed by atoms with E-state index >= 15 is 0 Å². The quantitative estimate of drug-likeness (QED) is 0.274. The monoisotopic (exact) mass is 494 g/mol. The van der Waals surface area contributed by atoms with Gasteiger partial charge in [0, 0.05) is 8.22 Å². The number of fused-ring (bicyclic) bond motifs is 1. The molecule has 2 fully saturated rings. The van der Waals surface area contributed by atoms with Crippen LogP contribution in [0.25, 0.3) is 0 Å². The Bertz CT molecular complexity index is 860. The highest BCUT2D eigenvalue weighted by Crippen LogP contribution is 2.62. The van der Waals surface area contributed by atoms with Crippen molar-refractivity contribution in [1.29, 1.82) is 0 Å². The SMILES string of the molecule is [2H]C([2H])([2H])C(O)(CCC[C@@](C)(C/C=C/C(O)(C(F)(F)F)C(F)(F)F)[C@H]1CC[C@H]2[C@@H](O)CCC[C@]12C)C([2H])([2H])[2H]. The van der Waals surface area contributed by atoms with Crippen LogP contribution in [0, 0.1) is 22.7 Å². The second-order valence-electron chi connectivity index (χ2n) is 10.4. The molecule has 0 aliphatic heterocycles. The van der Waals surface area contributed by atoms with Crippen LogP contribution in [0.2, 0.25) is 0 Å². The average molecular weight is 495 g/mol. The molecule has 33 heavy (non-hydrogen) atoms. The molecule has 0 aromatic heterocycles. The summed E-state index contributed by atoms with van der Waals surface area (Å²) in [4.78, 5) is 0. The van der Waals surface area contributed by atoms with Crippen molar-refractivity contribution in [2.24, 2.45) is 22.7 Å². The Labute approximate surface area is 200 Å². The fraction of sp³-hybridized carbons (Fsp3) is 0.917. The summed E-state index contributed by atoms with van der Waals surface area (Å²) in [6, 6.07) is 0. The zero-order valence-electron chi connectivity index (χ0n) is 24.9. The van der Waals surface area contributed by atoms with Crippen LogP contribution >= 0.6 is 0 Å². The summed E-state index contributed by atoms with van der Waals surface area (Å²) in [5, 5.41) is 30.8. The summed E-state index contributed by atoms with van der Waals surface area (Å²) in [5.74, 6) is -0.475. The number of hydrogen-bond acceptors (Lipinski definition) is 3. The lowest BCUT2D eigenvalue weighted by Crippen LogP contribution is -2.55. The van der Waals surface area contributed by atoms with Gasteiger partial charge in [0.2, 0.25) is 0 Å². The summed E-state index contributed by atoms with van der Waals surface area (Å²) in [6.45, 7) is -3.01. The predicted octanol–water partition coefficient (Wildman–Crippen LogP) is 6.31. The predicted molar refractivity (Wildman–Crippen MR) is 113 cm³/mol. The van der Waals surface area contributed by atoms with Crippen LogP contribution in [0.5, 0.6) is 0 Å². The molecule has 3 nitrogen and oxygen atoms in total. The van der Waals surface area contributed by atoms with E-state index in [9.17, 15) is 41.7 Å². The molecule has 0 saturated heterocycles. The van der Waals surface area contributed by atoms with Gasteiger partial charge in [-0.3, -0.25) is 0 Å². The lowest BCUT2D eigenvalue weighted by Gasteiger charge is -2.50. The fourth-order valence-corrected chi connectivity index (χ4v) is 6.31. The first-order valence-corrected chi connectivity index (χ1v) is 11.2. The van der Waals surface area contributed by atoms with Gasteiger partial charge >= 0.3 is 12.4 Å². The Hall–Kier alpha value is -0.800. The van der Waals surface area contributed by atoms with Crippen molar-refractivity contribution < 1.29 is 49.9 Å². The third-order valence-corrected chi connectivity index (χ3v) is 8.02. The topological polar surface area (TPSA) is 60.7 Å². The van der Waals surface area contributed by atoms with Crippen molar-refractivity contribution in [3.8, 4) is 0 Å². The van der Waals surface area contributed by atoms with Crippen molar-refractivity contribution in [3.63, 3.8) is 0 Å². The lowest BCUT2D eigenvalue weighted by molar-refractivity contribution is -0.347. The van der Waals surface area contributed by atoms with Gasteiger partial charge < -0.3 is 15.3 Å². The highest BCUT2D eigenvalue weighted by Gasteiger charge is 2.69. The molecule has 194 valence electrons. The number of aliphatic hydroxyl groups excluding tert-OH is 1. The highest BCUT2D eigenvalue weighted by atomic mass is 19.4. The molecule has 2 aliphatic carbocycles. The standard InChI is InChI=1S/C24H38F6O3/c1-19(2,32)11-6-12-20(3,13-7-15-22(33,23(25,26)27)24(28,29)30)18-10-9-16-17(31)8-5-14-21(16,18)4/h7,15-18,31-33H,5-6,8-14H2,1-4H3/b15-7+/t16-,17-,18+,20-,21-/m0/s1/i1D3,2D3. The smallest absolute Gasteiger partial charge is 0.393 e. The van der Waals surface area contributed by atoms with Gasteiger partial charge in [0.05, 0.1) is 11.7 Å². The lowest BCUT2D eigenvalue weighted by atomic mass is 9.56. The van der Waals surface area contributed by atoms with E-state index in [0.29, 0.717) is 38.2 Å². The zero-order valence-corrected chi connectivity index (χ0v) is 18.9. The van der Waals surface area contributed by atoms with Crippen LogP contribution in [0.4, 0.5) is 26.3 Å². The molecular formula is C24H38F6O3. The summed E-state index contributed by atoms with van der Waals surface area (Å²) in [6.07, 6.45) is -10.7. The largest absolute Gasteiger partial charge is 0.429 e. The van der Waals surface area contributed by atoms with E-state index in [0.717, 1.165) is 0 Å². The number of halogens is 6. The van der Waals surface area contributed by atoms with E-state index in [4.69, 9.17) is 8.22 Å². The fourth-order valence-electron chi connectivity index (χ4n) is 6.31. The Morgan fingerprint density at radius 2 is 1.61 bits per heavy atom. The summed E-state index contributed by atoms with van der Waals surface area (Å²) < 4.78 is 125. The van der Waals surface area contributed by atoms with Gasteiger partial charge in [-0.2, -0.15) is 26.3 Å². The van der Waals surface area contributed by atoms with Gasteiger partial charge in [0.15, 0.2) is 0 Å². The van der Waals surface area contributed by atoms with Crippen molar-refractivity contribution in [2.75, 3.05) is 0 Å². The third kappa shape index (κ3) is 5.89. The van der Waals surface area contributed by atoms with Crippen LogP contribution in [0.3, 0.4) is 0 Å². The maximum Gasteiger partial charge on any atom is 0.429 e. The normalized spacial score (nSPS) is 35.1. The van der Waals surface area contributed by atoms with Crippen LogP contribution in [0.1, 0.15) is 93.6 Å². The van der Waals surface area contributed by atoms with E-state index < -0.39 is 60.6 Å². The number of hydrogen-bond donors (Lipinski definition) is 3. The van der Waals surface area contributed by atoms with Crippen molar-refractivity contribution >= 4 is 0 Å². The molecule has 0 spiro atoms. The van der Waals surface area contributed by atoms with E-state index in [1.165, 1.54) is 0 Å². The maximum atomic E-state index is 13.2. The van der Waals surface area contributed by atoms with Gasteiger partial charge in [-0.05, 0) is 87.4 Å². The molecule has 0 aromatic carbocycles. The first kappa shape index (κ1) is 20.4. The molecule has 5 atom stereocenters. The van der Waals surface area contributed by atoms with Gasteiger partial charge in [-0.25, -0.2) is 0 Å². The maximum absolute atomic E-state index is 13.2. The number of allylic oxidation sites excluding steroid dienone is 1. The molecule has 2 rings (SSSR count). The number of aliphatic hydroxyl groups is 3. The number of rotatable bonds is 8. The molecule has 2 saturated carbocycles. The second kappa shape index (κ2) is 9.34. The minimum atomic E-state index is -6.04. The molecular weight excluding hydrogens is 450 g/mol. The number of alkyl halides is 6. The van der Waals surface area contributed by atoms with Crippen molar-refractivity contribution in [1.82, 2.24) is 0 Å². The average Bonchev–Trinajstić information content (AvgIpc) is 3.09. The Morgan fingerprint density at radius 3 is 2.15 bits per heavy atom. The Kier molecular flexibility index (Phi) is 5.77. The van der Waals surface area contributed by atoms with Crippen molar-refractivity contribution in [2.45, 2.75) is 115 Å². The second-order valence-corrected chi connectivity index (χ2v) is 10.4. The zero-order chi connectivity index (χ0) is 30.5. The third-order valence-electron chi connectivity index (χ3n) is 8.02. The minimum absolute atomic E-state index is 0.0225. The Balaban J connectivity index is 2.45. The van der Waals surface area contributed by atoms with Crippen LogP contribution < -0.4 is 0 Å². The minimum Gasteiger partial charge on any atom is -0.393 e. The first-order chi connectivity index (χ1) is 17.3. The van der Waals surface area contributed by atoms with Gasteiger partial charge in [0.1, 0.15) is 0 Å². The highest BCUT2D eigenvalue weighted by molar-refractivity contribution is 5.13. The summed E-state index contributed by atoms with van der Waals surface area (Å²) >= 11 is 0. The van der Waals surface area contributed by atoms with E-state index in [1.807, 2.05) is 6.92 Å². The molecule has 0 aromatic rings. The molecule has 0 heterocycles. The van der Waals surface area contributed by atoms with Gasteiger partial charge in [-0.15, -0.1) is 0 Å². The summed E-state index contributed by atoms with van der Waals surface area (Å²) in [5.41, 5.74) is -9.73. The van der Waals surface area contributed by atoms with E-state index in [2.05, 4.69) is 0 Å². The molecule has 0 amide bonds. The molecule has 0 radical (unpaired) electrons. The van der Waals surface area contributed by atoms with Crippen LogP contribution in [-0.2, 0) is 0 Å². The molecule has 2 aliphatic rings. The summed E-state index contributed by atoms with van der Waals surface area (Å²) in [7, 11) is 0. The van der Waals surface area contributed by atoms with Crippen LogP contribution in [0.15, 0.2) is 12.2 Å². The molecule has 3 N–H and O–H groups in total.